The van der Waals surface area contributed by atoms with Crippen molar-refractivity contribution < 1.29 is 9.53 Å². The Balaban J connectivity index is 2.37. The minimum atomic E-state index is -0.313. The average molecular weight is 274 g/mol. The predicted octanol–water partition coefficient (Wildman–Crippen LogP) is 3.14. The number of fused-ring (bicyclic) bond motifs is 1. The highest BCUT2D eigenvalue weighted by atomic mass is 16.6. The quantitative estimate of drug-likeness (QED) is 0.859. The van der Waals surface area contributed by atoms with Gasteiger partial charge < -0.3 is 9.64 Å². The largest absolute Gasteiger partial charge is 0.446 e. The molecule has 0 bridgehead atoms. The van der Waals surface area contributed by atoms with Crippen LogP contribution in [0.1, 0.15) is 19.4 Å². The van der Waals surface area contributed by atoms with Crippen molar-refractivity contribution in [2.45, 2.75) is 26.4 Å². The zero-order valence-corrected chi connectivity index (χ0v) is 12.6. The average Bonchev–Trinajstić information content (AvgIpc) is 2.74. The van der Waals surface area contributed by atoms with Crippen molar-refractivity contribution in [1.29, 1.82) is 0 Å². The van der Waals surface area contributed by atoms with E-state index in [9.17, 15) is 4.79 Å². The fourth-order valence-electron chi connectivity index (χ4n) is 2.20. The van der Waals surface area contributed by atoms with E-state index in [2.05, 4.69) is 11.0 Å². The molecular formula is C16H22N2O2. The van der Waals surface area contributed by atoms with Gasteiger partial charge in [0.1, 0.15) is 0 Å². The monoisotopic (exact) mass is 274 g/mol. The number of rotatable bonds is 4. The maximum atomic E-state index is 12.2. The molecule has 0 spiro atoms. The summed E-state index contributed by atoms with van der Waals surface area (Å²) in [4.78, 5) is 14.3. The van der Waals surface area contributed by atoms with Crippen LogP contribution in [0, 0.1) is 0 Å². The van der Waals surface area contributed by atoms with Gasteiger partial charge in [-0.1, -0.05) is 18.2 Å². The van der Waals surface area contributed by atoms with E-state index in [-0.39, 0.29) is 12.2 Å². The van der Waals surface area contributed by atoms with Gasteiger partial charge in [0.2, 0.25) is 0 Å². The van der Waals surface area contributed by atoms with Gasteiger partial charge in [0, 0.05) is 18.1 Å². The predicted molar refractivity (Wildman–Crippen MR) is 81.2 cm³/mol. The molecular weight excluding hydrogens is 252 g/mol. The van der Waals surface area contributed by atoms with Crippen LogP contribution in [0.2, 0.25) is 0 Å². The number of benzene rings is 1. The van der Waals surface area contributed by atoms with Gasteiger partial charge in [-0.15, -0.1) is 0 Å². The second kappa shape index (κ2) is 6.09. The minimum absolute atomic E-state index is 0.117. The highest BCUT2D eigenvalue weighted by Gasteiger charge is 2.15. The molecule has 0 fully saturated rings. The van der Waals surface area contributed by atoms with Crippen molar-refractivity contribution in [2.75, 3.05) is 20.6 Å². The normalized spacial score (nSPS) is 11.5. The van der Waals surface area contributed by atoms with E-state index in [1.54, 1.807) is 4.57 Å². The van der Waals surface area contributed by atoms with Crippen LogP contribution < -0.4 is 0 Å². The zero-order chi connectivity index (χ0) is 14.7. The molecule has 4 heteroatoms. The van der Waals surface area contributed by atoms with E-state index >= 15 is 0 Å². The maximum absolute atomic E-state index is 12.2. The van der Waals surface area contributed by atoms with Crippen LogP contribution in [0.3, 0.4) is 0 Å². The Morgan fingerprint density at radius 2 is 2.00 bits per heavy atom. The van der Waals surface area contributed by atoms with Crippen molar-refractivity contribution in [1.82, 2.24) is 9.47 Å². The summed E-state index contributed by atoms with van der Waals surface area (Å²) in [5, 5.41) is 1.12. The molecule has 2 rings (SSSR count). The van der Waals surface area contributed by atoms with Crippen LogP contribution in [-0.4, -0.2) is 42.3 Å². The molecule has 1 aromatic carbocycles. The lowest BCUT2D eigenvalue weighted by Crippen LogP contribution is -2.17. The molecule has 0 radical (unpaired) electrons. The number of carbonyl (C=O) groups excluding carboxylic acids is 1. The fourth-order valence-corrected chi connectivity index (χ4v) is 2.20. The maximum Gasteiger partial charge on any atom is 0.418 e. The standard InChI is InChI=1S/C16H22N2O2/c1-12(2)20-16(19)18-11-13(9-10-17(3)4)14-7-5-6-8-15(14)18/h5-8,11-12H,9-10H2,1-4H3. The van der Waals surface area contributed by atoms with E-state index in [4.69, 9.17) is 4.74 Å². The van der Waals surface area contributed by atoms with Crippen molar-refractivity contribution in [3.05, 3.63) is 36.0 Å². The second-order valence-corrected chi connectivity index (χ2v) is 5.53. The molecule has 0 saturated carbocycles. The van der Waals surface area contributed by atoms with Crippen molar-refractivity contribution in [3.63, 3.8) is 0 Å². The Hall–Kier alpha value is -1.81. The first kappa shape index (κ1) is 14.6. The third kappa shape index (κ3) is 3.20. The molecule has 1 aromatic heterocycles. The van der Waals surface area contributed by atoms with Gasteiger partial charge >= 0.3 is 6.09 Å². The van der Waals surface area contributed by atoms with Crippen LogP contribution in [0.15, 0.2) is 30.5 Å². The first-order valence-electron chi connectivity index (χ1n) is 6.93. The number of carbonyl (C=O) groups is 1. The summed E-state index contributed by atoms with van der Waals surface area (Å²) in [7, 11) is 4.10. The number of hydrogen-bond acceptors (Lipinski definition) is 3. The van der Waals surface area contributed by atoms with E-state index in [1.807, 2.05) is 52.3 Å². The Morgan fingerprint density at radius 3 is 2.65 bits per heavy atom. The highest BCUT2D eigenvalue weighted by molar-refractivity contribution is 5.92. The van der Waals surface area contributed by atoms with Crippen LogP contribution in [0.5, 0.6) is 0 Å². The molecule has 0 atom stereocenters. The lowest BCUT2D eigenvalue weighted by molar-refractivity contribution is 0.118. The highest BCUT2D eigenvalue weighted by Crippen LogP contribution is 2.22. The van der Waals surface area contributed by atoms with Crippen LogP contribution >= 0.6 is 0 Å². The van der Waals surface area contributed by atoms with Gasteiger partial charge in [-0.25, -0.2) is 4.79 Å². The van der Waals surface area contributed by atoms with Crippen molar-refractivity contribution in [3.8, 4) is 0 Å². The summed E-state index contributed by atoms with van der Waals surface area (Å²) < 4.78 is 6.91. The number of hydrogen-bond donors (Lipinski definition) is 0. The number of aromatic nitrogens is 1. The van der Waals surface area contributed by atoms with Crippen LogP contribution in [0.4, 0.5) is 4.79 Å². The van der Waals surface area contributed by atoms with E-state index in [0.717, 1.165) is 23.9 Å². The summed E-state index contributed by atoms with van der Waals surface area (Å²) in [6.07, 6.45) is 2.38. The minimum Gasteiger partial charge on any atom is -0.446 e. The zero-order valence-electron chi connectivity index (χ0n) is 12.6. The van der Waals surface area contributed by atoms with Crippen molar-refractivity contribution in [2.24, 2.45) is 0 Å². The molecule has 20 heavy (non-hydrogen) atoms. The number of nitrogens with zero attached hydrogens (tertiary/aromatic N) is 2. The molecule has 0 saturated heterocycles. The van der Waals surface area contributed by atoms with E-state index in [0.29, 0.717) is 0 Å². The topological polar surface area (TPSA) is 34.5 Å². The summed E-state index contributed by atoms with van der Waals surface area (Å²) in [6, 6.07) is 7.95. The summed E-state index contributed by atoms with van der Waals surface area (Å²) in [5.41, 5.74) is 2.09. The number of likely N-dealkylation sites (N-methyl/N-ethyl adjacent to an activating group) is 1. The van der Waals surface area contributed by atoms with Crippen molar-refractivity contribution >= 4 is 17.0 Å². The van der Waals surface area contributed by atoms with E-state index in [1.165, 1.54) is 5.56 Å². The number of ether oxygens (including phenoxy) is 1. The van der Waals surface area contributed by atoms with Gasteiger partial charge in [-0.3, -0.25) is 4.57 Å². The second-order valence-electron chi connectivity index (χ2n) is 5.53. The molecule has 0 aliphatic heterocycles. The third-order valence-corrected chi connectivity index (χ3v) is 3.16. The van der Waals surface area contributed by atoms with Gasteiger partial charge in [-0.2, -0.15) is 0 Å². The molecule has 2 aromatic rings. The summed E-state index contributed by atoms with van der Waals surface area (Å²) in [5.74, 6) is 0. The lowest BCUT2D eigenvalue weighted by Gasteiger charge is -2.09. The van der Waals surface area contributed by atoms with Crippen LogP contribution in [-0.2, 0) is 11.2 Å². The first-order valence-corrected chi connectivity index (χ1v) is 6.93. The van der Waals surface area contributed by atoms with Gasteiger partial charge in [0.25, 0.3) is 0 Å². The molecule has 1 heterocycles. The third-order valence-electron chi connectivity index (χ3n) is 3.16. The Kier molecular flexibility index (Phi) is 4.45. The smallest absolute Gasteiger partial charge is 0.418 e. The molecule has 0 unspecified atom stereocenters. The van der Waals surface area contributed by atoms with Crippen LogP contribution in [0.25, 0.3) is 10.9 Å². The Bertz CT molecular complexity index is 600. The van der Waals surface area contributed by atoms with Gasteiger partial charge in [0.15, 0.2) is 0 Å². The summed E-state index contributed by atoms with van der Waals surface area (Å²) >= 11 is 0. The van der Waals surface area contributed by atoms with Gasteiger partial charge in [-0.05, 0) is 46.0 Å². The molecule has 0 N–H and O–H groups in total. The molecule has 0 aliphatic carbocycles. The fraction of sp³-hybridized carbons (Fsp3) is 0.438. The van der Waals surface area contributed by atoms with E-state index < -0.39 is 0 Å². The lowest BCUT2D eigenvalue weighted by atomic mass is 10.1. The SMILES string of the molecule is CC(C)OC(=O)n1cc(CCN(C)C)c2ccccc21. The number of para-hydroxylation sites is 1. The molecule has 4 nitrogen and oxygen atoms in total. The Morgan fingerprint density at radius 1 is 1.30 bits per heavy atom. The molecule has 0 amide bonds. The first-order chi connectivity index (χ1) is 9.49. The molecule has 0 aliphatic rings. The Labute approximate surface area is 119 Å². The van der Waals surface area contributed by atoms with Gasteiger partial charge in [0.05, 0.1) is 11.6 Å². The summed E-state index contributed by atoms with van der Waals surface area (Å²) in [6.45, 7) is 4.67. The molecule has 108 valence electrons.